The van der Waals surface area contributed by atoms with E-state index in [-0.39, 0.29) is 11.9 Å². The number of nitrogens with two attached hydrogens (primary N) is 1. The Morgan fingerprint density at radius 1 is 1.31 bits per heavy atom. The highest BCUT2D eigenvalue weighted by atomic mass is 19.1. The van der Waals surface area contributed by atoms with Gasteiger partial charge in [0.05, 0.1) is 6.61 Å². The van der Waals surface area contributed by atoms with Crippen LogP contribution in [0.2, 0.25) is 0 Å². The van der Waals surface area contributed by atoms with Gasteiger partial charge < -0.3 is 10.5 Å². The molecule has 0 aliphatic rings. The van der Waals surface area contributed by atoms with Crippen LogP contribution in [-0.2, 0) is 0 Å². The van der Waals surface area contributed by atoms with Crippen molar-refractivity contribution < 1.29 is 9.13 Å². The second-order valence-corrected chi connectivity index (χ2v) is 3.93. The fourth-order valence-electron chi connectivity index (χ4n) is 1.62. The molecule has 0 spiro atoms. The molecular formula is C13H20FNO. The minimum atomic E-state index is -0.259. The van der Waals surface area contributed by atoms with Crippen molar-refractivity contribution in [1.82, 2.24) is 0 Å². The molecule has 90 valence electrons. The van der Waals surface area contributed by atoms with E-state index in [4.69, 9.17) is 10.5 Å². The monoisotopic (exact) mass is 225 g/mol. The predicted octanol–water partition coefficient (Wildman–Crippen LogP) is 3.41. The molecule has 0 radical (unpaired) electrons. The molecule has 0 saturated heterocycles. The summed E-state index contributed by atoms with van der Waals surface area (Å²) >= 11 is 0. The van der Waals surface area contributed by atoms with Crippen LogP contribution in [0.25, 0.3) is 0 Å². The normalized spacial score (nSPS) is 12.5. The van der Waals surface area contributed by atoms with Crippen LogP contribution in [0.1, 0.15) is 44.7 Å². The van der Waals surface area contributed by atoms with E-state index in [1.165, 1.54) is 12.1 Å². The number of hydrogen-bond donors (Lipinski definition) is 1. The zero-order chi connectivity index (χ0) is 12.0. The van der Waals surface area contributed by atoms with Gasteiger partial charge in [0.25, 0.3) is 0 Å². The molecule has 2 N–H and O–H groups in total. The molecule has 16 heavy (non-hydrogen) atoms. The Bertz CT molecular complexity index is 328. The fourth-order valence-corrected chi connectivity index (χ4v) is 1.62. The first kappa shape index (κ1) is 13.0. The van der Waals surface area contributed by atoms with E-state index in [2.05, 4.69) is 6.92 Å². The van der Waals surface area contributed by atoms with Gasteiger partial charge in [0, 0.05) is 11.6 Å². The highest BCUT2D eigenvalue weighted by molar-refractivity contribution is 5.36. The van der Waals surface area contributed by atoms with Gasteiger partial charge in [0.2, 0.25) is 0 Å². The Hall–Kier alpha value is -1.09. The number of ether oxygens (including phenoxy) is 1. The molecular weight excluding hydrogens is 205 g/mol. The van der Waals surface area contributed by atoms with E-state index in [9.17, 15) is 4.39 Å². The third kappa shape index (κ3) is 3.49. The minimum Gasteiger partial charge on any atom is -0.493 e. The SMILES string of the molecule is CCCOc1ccc(F)cc1C(N)CCC. The second kappa shape index (κ2) is 6.48. The number of rotatable bonds is 6. The summed E-state index contributed by atoms with van der Waals surface area (Å²) in [6.45, 7) is 4.73. The Balaban J connectivity index is 2.88. The van der Waals surface area contributed by atoms with Gasteiger partial charge in [-0.2, -0.15) is 0 Å². The van der Waals surface area contributed by atoms with E-state index in [0.717, 1.165) is 24.8 Å². The fraction of sp³-hybridized carbons (Fsp3) is 0.538. The molecule has 0 heterocycles. The summed E-state index contributed by atoms with van der Waals surface area (Å²) in [5.41, 5.74) is 6.77. The van der Waals surface area contributed by atoms with Crippen molar-refractivity contribution in [2.45, 2.75) is 39.2 Å². The zero-order valence-corrected chi connectivity index (χ0v) is 10.0. The van der Waals surface area contributed by atoms with Crippen molar-refractivity contribution in [2.24, 2.45) is 5.73 Å². The van der Waals surface area contributed by atoms with Gasteiger partial charge in [-0.05, 0) is 31.0 Å². The molecule has 0 aliphatic heterocycles. The van der Waals surface area contributed by atoms with Crippen molar-refractivity contribution in [3.05, 3.63) is 29.6 Å². The maximum Gasteiger partial charge on any atom is 0.124 e. The molecule has 3 heteroatoms. The molecule has 0 fully saturated rings. The first-order valence-corrected chi connectivity index (χ1v) is 5.86. The van der Waals surface area contributed by atoms with Gasteiger partial charge in [-0.15, -0.1) is 0 Å². The standard InChI is InChI=1S/C13H20FNO/c1-3-5-12(15)11-9-10(14)6-7-13(11)16-8-4-2/h6-7,9,12H,3-5,8,15H2,1-2H3. The smallest absolute Gasteiger partial charge is 0.124 e. The Morgan fingerprint density at radius 3 is 2.69 bits per heavy atom. The molecule has 0 saturated carbocycles. The molecule has 0 bridgehead atoms. The van der Waals surface area contributed by atoms with Gasteiger partial charge in [-0.25, -0.2) is 4.39 Å². The summed E-state index contributed by atoms with van der Waals surface area (Å²) in [4.78, 5) is 0. The van der Waals surface area contributed by atoms with Gasteiger partial charge in [-0.3, -0.25) is 0 Å². The molecule has 0 amide bonds. The lowest BCUT2D eigenvalue weighted by Gasteiger charge is -2.16. The molecule has 1 atom stereocenters. The van der Waals surface area contributed by atoms with E-state index in [1.807, 2.05) is 6.92 Å². The number of benzene rings is 1. The van der Waals surface area contributed by atoms with Crippen LogP contribution in [-0.4, -0.2) is 6.61 Å². The molecule has 1 rings (SSSR count). The van der Waals surface area contributed by atoms with Crippen LogP contribution in [0.3, 0.4) is 0 Å². The molecule has 1 aromatic carbocycles. The quantitative estimate of drug-likeness (QED) is 0.805. The van der Waals surface area contributed by atoms with Gasteiger partial charge in [0.1, 0.15) is 11.6 Å². The molecule has 2 nitrogen and oxygen atoms in total. The lowest BCUT2D eigenvalue weighted by molar-refractivity contribution is 0.311. The van der Waals surface area contributed by atoms with Crippen molar-refractivity contribution in [3.8, 4) is 5.75 Å². The maximum absolute atomic E-state index is 13.2. The van der Waals surface area contributed by atoms with Crippen LogP contribution in [0.15, 0.2) is 18.2 Å². The van der Waals surface area contributed by atoms with Crippen LogP contribution in [0.4, 0.5) is 4.39 Å². The first-order valence-electron chi connectivity index (χ1n) is 5.86. The summed E-state index contributed by atoms with van der Waals surface area (Å²) in [6, 6.07) is 4.40. The van der Waals surface area contributed by atoms with Crippen LogP contribution >= 0.6 is 0 Å². The van der Waals surface area contributed by atoms with E-state index in [0.29, 0.717) is 12.4 Å². The Kier molecular flexibility index (Phi) is 5.26. The third-order valence-corrected chi connectivity index (χ3v) is 2.43. The van der Waals surface area contributed by atoms with Crippen molar-refractivity contribution >= 4 is 0 Å². The summed E-state index contributed by atoms with van der Waals surface area (Å²) in [7, 11) is 0. The highest BCUT2D eigenvalue weighted by Gasteiger charge is 2.12. The van der Waals surface area contributed by atoms with Crippen LogP contribution in [0, 0.1) is 5.82 Å². The van der Waals surface area contributed by atoms with Gasteiger partial charge in [0.15, 0.2) is 0 Å². The van der Waals surface area contributed by atoms with Crippen molar-refractivity contribution in [2.75, 3.05) is 6.61 Å². The second-order valence-electron chi connectivity index (χ2n) is 3.93. The summed E-state index contributed by atoms with van der Waals surface area (Å²) in [5, 5.41) is 0. The molecule has 0 aliphatic carbocycles. The Morgan fingerprint density at radius 2 is 2.06 bits per heavy atom. The highest BCUT2D eigenvalue weighted by Crippen LogP contribution is 2.27. The van der Waals surface area contributed by atoms with Gasteiger partial charge >= 0.3 is 0 Å². The largest absolute Gasteiger partial charge is 0.493 e. The van der Waals surface area contributed by atoms with E-state index >= 15 is 0 Å². The average Bonchev–Trinajstić information content (AvgIpc) is 2.27. The third-order valence-electron chi connectivity index (χ3n) is 2.43. The molecule has 1 aromatic rings. The Labute approximate surface area is 96.6 Å². The summed E-state index contributed by atoms with van der Waals surface area (Å²) < 4.78 is 18.7. The van der Waals surface area contributed by atoms with Crippen LogP contribution < -0.4 is 10.5 Å². The topological polar surface area (TPSA) is 35.2 Å². The van der Waals surface area contributed by atoms with Crippen molar-refractivity contribution in [1.29, 1.82) is 0 Å². The van der Waals surface area contributed by atoms with E-state index < -0.39 is 0 Å². The lowest BCUT2D eigenvalue weighted by Crippen LogP contribution is -2.12. The van der Waals surface area contributed by atoms with Crippen LogP contribution in [0.5, 0.6) is 5.75 Å². The summed E-state index contributed by atoms with van der Waals surface area (Å²) in [6.07, 6.45) is 2.75. The maximum atomic E-state index is 13.2. The first-order chi connectivity index (χ1) is 7.69. The summed E-state index contributed by atoms with van der Waals surface area (Å²) in [5.74, 6) is 0.453. The lowest BCUT2D eigenvalue weighted by atomic mass is 10.0. The average molecular weight is 225 g/mol. The van der Waals surface area contributed by atoms with Crippen molar-refractivity contribution in [3.63, 3.8) is 0 Å². The van der Waals surface area contributed by atoms with E-state index in [1.54, 1.807) is 6.07 Å². The zero-order valence-electron chi connectivity index (χ0n) is 10.0. The minimum absolute atomic E-state index is 0.146. The molecule has 1 unspecified atom stereocenters. The predicted molar refractivity (Wildman–Crippen MR) is 64.0 cm³/mol. The molecule has 0 aromatic heterocycles. The van der Waals surface area contributed by atoms with Gasteiger partial charge in [-0.1, -0.05) is 20.3 Å². The number of halogens is 1. The number of hydrogen-bond acceptors (Lipinski definition) is 2.